The molecule has 1 aromatic rings. The van der Waals surface area contributed by atoms with Gasteiger partial charge in [0.25, 0.3) is 0 Å². The standard InChI is InChI=1S/C15H22N2O/c1-11-8-12(2)10-14(9-11)17-7-5-4-6-16-13(3)15(17)18/h8-10,13,16H,4-7H2,1-3H3. The van der Waals surface area contributed by atoms with E-state index in [1.807, 2.05) is 11.8 Å². The number of rotatable bonds is 1. The van der Waals surface area contributed by atoms with Crippen LogP contribution in [-0.2, 0) is 4.79 Å². The van der Waals surface area contributed by atoms with Gasteiger partial charge < -0.3 is 10.2 Å². The van der Waals surface area contributed by atoms with Gasteiger partial charge in [-0.1, -0.05) is 6.07 Å². The van der Waals surface area contributed by atoms with E-state index in [0.29, 0.717) is 0 Å². The highest BCUT2D eigenvalue weighted by Gasteiger charge is 2.23. The fourth-order valence-electron chi connectivity index (χ4n) is 2.51. The van der Waals surface area contributed by atoms with E-state index < -0.39 is 0 Å². The number of amides is 1. The van der Waals surface area contributed by atoms with Gasteiger partial charge in [0, 0.05) is 12.2 Å². The van der Waals surface area contributed by atoms with E-state index in [4.69, 9.17) is 0 Å². The molecule has 18 heavy (non-hydrogen) atoms. The molecule has 1 heterocycles. The average molecular weight is 246 g/mol. The highest BCUT2D eigenvalue weighted by atomic mass is 16.2. The van der Waals surface area contributed by atoms with Crippen LogP contribution in [0.1, 0.15) is 30.9 Å². The lowest BCUT2D eigenvalue weighted by molar-refractivity contribution is -0.120. The summed E-state index contributed by atoms with van der Waals surface area (Å²) in [5.74, 6) is 0.180. The zero-order chi connectivity index (χ0) is 13.1. The van der Waals surface area contributed by atoms with E-state index in [0.717, 1.165) is 31.6 Å². The molecule has 0 bridgehead atoms. The van der Waals surface area contributed by atoms with Crippen LogP contribution in [0.2, 0.25) is 0 Å². The fourth-order valence-corrected chi connectivity index (χ4v) is 2.51. The molecule has 1 aliphatic rings. The Balaban J connectivity index is 2.30. The van der Waals surface area contributed by atoms with Gasteiger partial charge in [0.05, 0.1) is 6.04 Å². The second-order valence-electron chi connectivity index (χ2n) is 5.22. The lowest BCUT2D eigenvalue weighted by Crippen LogP contribution is -2.47. The molecule has 3 heteroatoms. The highest BCUT2D eigenvalue weighted by Crippen LogP contribution is 2.21. The number of benzene rings is 1. The Morgan fingerprint density at radius 1 is 1.17 bits per heavy atom. The SMILES string of the molecule is Cc1cc(C)cc(N2CCCCNC(C)C2=O)c1. The third kappa shape index (κ3) is 2.91. The molecular formula is C15H22N2O. The second kappa shape index (κ2) is 5.53. The van der Waals surface area contributed by atoms with Crippen LogP contribution in [0, 0.1) is 13.8 Å². The molecule has 1 N–H and O–H groups in total. The maximum absolute atomic E-state index is 12.4. The summed E-state index contributed by atoms with van der Waals surface area (Å²) < 4.78 is 0. The summed E-state index contributed by atoms with van der Waals surface area (Å²) in [6, 6.07) is 6.24. The van der Waals surface area contributed by atoms with Gasteiger partial charge in [-0.05, 0) is 63.4 Å². The van der Waals surface area contributed by atoms with Crippen LogP contribution in [0.15, 0.2) is 18.2 Å². The molecule has 1 amide bonds. The molecule has 1 unspecified atom stereocenters. The smallest absolute Gasteiger partial charge is 0.243 e. The Kier molecular flexibility index (Phi) is 4.02. The summed E-state index contributed by atoms with van der Waals surface area (Å²) in [7, 11) is 0. The Bertz CT molecular complexity index is 422. The topological polar surface area (TPSA) is 32.3 Å². The largest absolute Gasteiger partial charge is 0.311 e. The van der Waals surface area contributed by atoms with Crippen molar-refractivity contribution in [2.75, 3.05) is 18.0 Å². The first-order valence-electron chi connectivity index (χ1n) is 6.71. The number of aryl methyl sites for hydroxylation is 2. The van der Waals surface area contributed by atoms with Crippen LogP contribution in [0.3, 0.4) is 0 Å². The molecule has 0 aliphatic carbocycles. The molecule has 0 radical (unpaired) electrons. The second-order valence-corrected chi connectivity index (χ2v) is 5.22. The number of anilines is 1. The molecule has 1 aliphatic heterocycles. The van der Waals surface area contributed by atoms with E-state index in [1.54, 1.807) is 0 Å². The summed E-state index contributed by atoms with van der Waals surface area (Å²) in [5.41, 5.74) is 3.45. The maximum Gasteiger partial charge on any atom is 0.243 e. The third-order valence-corrected chi connectivity index (χ3v) is 3.41. The molecule has 1 saturated heterocycles. The first-order chi connectivity index (χ1) is 8.58. The van der Waals surface area contributed by atoms with Gasteiger partial charge in [-0.25, -0.2) is 0 Å². The van der Waals surface area contributed by atoms with E-state index in [2.05, 4.69) is 37.4 Å². The maximum atomic E-state index is 12.4. The quantitative estimate of drug-likeness (QED) is 0.825. The number of carbonyl (C=O) groups excluding carboxylic acids is 1. The van der Waals surface area contributed by atoms with Crippen LogP contribution in [0.25, 0.3) is 0 Å². The van der Waals surface area contributed by atoms with Gasteiger partial charge in [0.2, 0.25) is 5.91 Å². The molecule has 98 valence electrons. The van der Waals surface area contributed by atoms with Crippen LogP contribution in [0.5, 0.6) is 0 Å². The molecule has 2 rings (SSSR count). The predicted octanol–water partition coefficient (Wildman–Crippen LogP) is 2.41. The summed E-state index contributed by atoms with van der Waals surface area (Å²) in [5, 5.41) is 3.27. The average Bonchev–Trinajstić information content (AvgIpc) is 2.29. The van der Waals surface area contributed by atoms with Crippen LogP contribution in [-0.4, -0.2) is 25.0 Å². The summed E-state index contributed by atoms with van der Waals surface area (Å²) in [6.45, 7) is 7.87. The van der Waals surface area contributed by atoms with Crippen molar-refractivity contribution in [3.63, 3.8) is 0 Å². The first-order valence-corrected chi connectivity index (χ1v) is 6.71. The van der Waals surface area contributed by atoms with Gasteiger partial charge in [0.15, 0.2) is 0 Å². The number of nitrogens with zero attached hydrogens (tertiary/aromatic N) is 1. The van der Waals surface area contributed by atoms with Gasteiger partial charge in [0.1, 0.15) is 0 Å². The van der Waals surface area contributed by atoms with Gasteiger partial charge in [-0.2, -0.15) is 0 Å². The molecule has 1 atom stereocenters. The van der Waals surface area contributed by atoms with Gasteiger partial charge in [-0.15, -0.1) is 0 Å². The summed E-state index contributed by atoms with van der Waals surface area (Å²) in [4.78, 5) is 14.3. The van der Waals surface area contributed by atoms with Crippen LogP contribution in [0.4, 0.5) is 5.69 Å². The highest BCUT2D eigenvalue weighted by molar-refractivity contribution is 5.97. The third-order valence-electron chi connectivity index (χ3n) is 3.41. The fraction of sp³-hybridized carbons (Fsp3) is 0.533. The van der Waals surface area contributed by atoms with Crippen LogP contribution < -0.4 is 10.2 Å². The number of nitrogens with one attached hydrogen (secondary N) is 1. The zero-order valence-corrected chi connectivity index (χ0v) is 11.5. The van der Waals surface area contributed by atoms with E-state index in [-0.39, 0.29) is 11.9 Å². The molecule has 0 saturated carbocycles. The number of carbonyl (C=O) groups is 1. The molecule has 0 aromatic heterocycles. The molecule has 1 fully saturated rings. The number of hydrogen-bond donors (Lipinski definition) is 1. The Labute approximate surface area is 109 Å². The van der Waals surface area contributed by atoms with Crippen molar-refractivity contribution in [3.05, 3.63) is 29.3 Å². The van der Waals surface area contributed by atoms with E-state index >= 15 is 0 Å². The molecular weight excluding hydrogens is 224 g/mol. The minimum atomic E-state index is -0.0916. The van der Waals surface area contributed by atoms with Crippen molar-refractivity contribution in [2.45, 2.75) is 39.7 Å². The predicted molar refractivity (Wildman–Crippen MR) is 75.0 cm³/mol. The molecule has 1 aromatic carbocycles. The van der Waals surface area contributed by atoms with Gasteiger partial charge >= 0.3 is 0 Å². The van der Waals surface area contributed by atoms with Crippen molar-refractivity contribution >= 4 is 11.6 Å². The Hall–Kier alpha value is -1.35. The zero-order valence-electron chi connectivity index (χ0n) is 11.5. The normalized spacial score (nSPS) is 21.6. The van der Waals surface area contributed by atoms with E-state index in [9.17, 15) is 4.79 Å². The van der Waals surface area contributed by atoms with Crippen molar-refractivity contribution in [2.24, 2.45) is 0 Å². The van der Waals surface area contributed by atoms with Gasteiger partial charge in [-0.3, -0.25) is 4.79 Å². The molecule has 3 nitrogen and oxygen atoms in total. The van der Waals surface area contributed by atoms with Crippen molar-refractivity contribution < 1.29 is 4.79 Å². The minimum absolute atomic E-state index is 0.0916. The van der Waals surface area contributed by atoms with E-state index in [1.165, 1.54) is 11.1 Å². The Morgan fingerprint density at radius 3 is 2.50 bits per heavy atom. The summed E-state index contributed by atoms with van der Waals surface area (Å²) >= 11 is 0. The van der Waals surface area contributed by atoms with Crippen LogP contribution >= 0.6 is 0 Å². The van der Waals surface area contributed by atoms with Crippen molar-refractivity contribution in [3.8, 4) is 0 Å². The lowest BCUT2D eigenvalue weighted by atomic mass is 10.1. The number of hydrogen-bond acceptors (Lipinski definition) is 2. The Morgan fingerprint density at radius 2 is 1.83 bits per heavy atom. The monoisotopic (exact) mass is 246 g/mol. The summed E-state index contributed by atoms with van der Waals surface area (Å²) in [6.07, 6.45) is 2.18. The van der Waals surface area contributed by atoms with Crippen molar-refractivity contribution in [1.82, 2.24) is 5.32 Å². The molecule has 0 spiro atoms. The first kappa shape index (κ1) is 13.1. The lowest BCUT2D eigenvalue weighted by Gasteiger charge is -2.29. The van der Waals surface area contributed by atoms with Crippen molar-refractivity contribution in [1.29, 1.82) is 0 Å². The minimum Gasteiger partial charge on any atom is -0.311 e.